The number of ether oxygens (including phenoxy) is 1. The lowest BCUT2D eigenvalue weighted by atomic mass is 10.1. The second-order valence-electron chi connectivity index (χ2n) is 5.49. The Morgan fingerprint density at radius 3 is 2.79 bits per heavy atom. The molecule has 0 aliphatic rings. The van der Waals surface area contributed by atoms with E-state index >= 15 is 0 Å². The molecule has 0 saturated carbocycles. The van der Waals surface area contributed by atoms with E-state index in [1.807, 2.05) is 37.2 Å². The first-order valence-corrected chi connectivity index (χ1v) is 8.89. The maximum Gasteiger partial charge on any atom is 0.356 e. The van der Waals surface area contributed by atoms with Crippen molar-refractivity contribution in [2.45, 2.75) is 6.42 Å². The highest BCUT2D eigenvalue weighted by Crippen LogP contribution is 2.33. The van der Waals surface area contributed by atoms with Crippen molar-refractivity contribution in [1.29, 1.82) is 0 Å². The van der Waals surface area contributed by atoms with Crippen LogP contribution in [0.15, 0.2) is 34.8 Å². The molecule has 0 unspecified atom stereocenters. The smallest absolute Gasteiger partial charge is 0.356 e. The van der Waals surface area contributed by atoms with E-state index in [0.29, 0.717) is 12.1 Å². The van der Waals surface area contributed by atoms with Crippen LogP contribution in [0.2, 0.25) is 0 Å². The van der Waals surface area contributed by atoms with Crippen LogP contribution in [0.5, 0.6) is 0 Å². The van der Waals surface area contributed by atoms with Crippen LogP contribution in [0.25, 0.3) is 10.2 Å². The fourth-order valence-corrected chi connectivity index (χ4v) is 4.00. The van der Waals surface area contributed by atoms with Gasteiger partial charge in [0.1, 0.15) is 5.69 Å². The Hall–Kier alpha value is -1.99. The topological polar surface area (TPSA) is 55.3 Å². The van der Waals surface area contributed by atoms with Crippen LogP contribution in [0.1, 0.15) is 21.7 Å². The average Bonchev–Trinajstić information content (AvgIpc) is 2.98. The lowest BCUT2D eigenvalue weighted by Gasteiger charge is -2.06. The van der Waals surface area contributed by atoms with Gasteiger partial charge in [-0.3, -0.25) is 0 Å². The summed E-state index contributed by atoms with van der Waals surface area (Å²) in [6, 6.07) is 9.49. The van der Waals surface area contributed by atoms with Gasteiger partial charge in [-0.1, -0.05) is 33.3 Å². The molecule has 0 radical (unpaired) electrons. The van der Waals surface area contributed by atoms with Crippen LogP contribution in [-0.4, -0.2) is 37.1 Å². The van der Waals surface area contributed by atoms with E-state index in [0.717, 1.165) is 31.1 Å². The summed E-state index contributed by atoms with van der Waals surface area (Å²) in [5.74, 6) is -0.431. The molecule has 0 spiro atoms. The van der Waals surface area contributed by atoms with Gasteiger partial charge in [-0.25, -0.2) is 14.8 Å². The van der Waals surface area contributed by atoms with Gasteiger partial charge >= 0.3 is 5.97 Å². The number of aromatic nitrogens is 2. The van der Waals surface area contributed by atoms with Gasteiger partial charge in [0.15, 0.2) is 5.13 Å². The highest BCUT2D eigenvalue weighted by atomic mass is 79.9. The molecule has 3 aromatic rings. The Morgan fingerprint density at radius 2 is 2.08 bits per heavy atom. The standard InChI is InChI=1S/C17H16BrN3O2S/c1-21(2)17-20-15-10(7-11(18)9-14(15)24-17)8-12-5-4-6-13(19-12)16(22)23-3/h4-7,9H,8H2,1-3H3. The summed E-state index contributed by atoms with van der Waals surface area (Å²) in [6.07, 6.45) is 0.595. The molecule has 124 valence electrons. The molecule has 2 heterocycles. The zero-order valence-electron chi connectivity index (χ0n) is 13.5. The molecule has 0 aliphatic carbocycles. The highest BCUT2D eigenvalue weighted by molar-refractivity contribution is 9.10. The first kappa shape index (κ1) is 16.9. The predicted molar refractivity (Wildman–Crippen MR) is 100 cm³/mol. The fraction of sp³-hybridized carbons (Fsp3) is 0.235. The van der Waals surface area contributed by atoms with Gasteiger partial charge in [0.05, 0.1) is 17.3 Å². The zero-order chi connectivity index (χ0) is 17.3. The molecule has 0 bridgehead atoms. The summed E-state index contributed by atoms with van der Waals surface area (Å²) in [5, 5.41) is 0.959. The minimum Gasteiger partial charge on any atom is -0.464 e. The van der Waals surface area contributed by atoms with Crippen LogP contribution in [0.4, 0.5) is 5.13 Å². The Kier molecular flexibility index (Phi) is 4.82. The number of carbonyl (C=O) groups excluding carboxylic acids is 1. The normalized spacial score (nSPS) is 10.8. The van der Waals surface area contributed by atoms with E-state index in [2.05, 4.69) is 27.0 Å². The number of halogens is 1. The Balaban J connectivity index is 2.02. The van der Waals surface area contributed by atoms with E-state index in [4.69, 9.17) is 9.72 Å². The maximum absolute atomic E-state index is 11.7. The van der Waals surface area contributed by atoms with Crippen molar-refractivity contribution in [3.63, 3.8) is 0 Å². The van der Waals surface area contributed by atoms with E-state index in [9.17, 15) is 4.79 Å². The number of esters is 1. The van der Waals surface area contributed by atoms with Crippen LogP contribution >= 0.6 is 27.3 Å². The Morgan fingerprint density at radius 1 is 1.29 bits per heavy atom. The molecule has 1 aromatic carbocycles. The average molecular weight is 406 g/mol. The largest absolute Gasteiger partial charge is 0.464 e. The number of carbonyl (C=O) groups is 1. The third-order valence-corrected chi connectivity index (χ3v) is 5.11. The lowest BCUT2D eigenvalue weighted by Crippen LogP contribution is -2.07. The SMILES string of the molecule is COC(=O)c1cccc(Cc2cc(Br)cc3sc(N(C)C)nc23)n1. The number of thiazole rings is 1. The second kappa shape index (κ2) is 6.86. The third kappa shape index (κ3) is 3.42. The van der Waals surface area contributed by atoms with Crippen molar-refractivity contribution in [2.24, 2.45) is 0 Å². The number of benzene rings is 1. The summed E-state index contributed by atoms with van der Waals surface area (Å²) in [4.78, 5) is 22.8. The summed E-state index contributed by atoms with van der Waals surface area (Å²) >= 11 is 5.21. The number of hydrogen-bond acceptors (Lipinski definition) is 6. The molecule has 0 aliphatic heterocycles. The first-order valence-electron chi connectivity index (χ1n) is 7.28. The van der Waals surface area contributed by atoms with Gasteiger partial charge in [0.25, 0.3) is 0 Å². The van der Waals surface area contributed by atoms with Crippen LogP contribution in [0, 0.1) is 0 Å². The van der Waals surface area contributed by atoms with Crippen LogP contribution in [-0.2, 0) is 11.2 Å². The van der Waals surface area contributed by atoms with Gasteiger partial charge in [-0.15, -0.1) is 0 Å². The van der Waals surface area contributed by atoms with E-state index in [1.54, 1.807) is 17.4 Å². The Bertz CT molecular complexity index is 908. The number of hydrogen-bond donors (Lipinski definition) is 0. The minimum atomic E-state index is -0.431. The molecular formula is C17H16BrN3O2S. The van der Waals surface area contributed by atoms with Crippen molar-refractivity contribution in [3.05, 3.63) is 51.8 Å². The number of methoxy groups -OCH3 is 1. The molecule has 0 atom stereocenters. The summed E-state index contributed by atoms with van der Waals surface area (Å²) in [5.41, 5.74) is 3.15. The van der Waals surface area contributed by atoms with Crippen LogP contribution < -0.4 is 4.90 Å². The summed E-state index contributed by atoms with van der Waals surface area (Å²) < 4.78 is 6.86. The number of pyridine rings is 1. The van der Waals surface area contributed by atoms with E-state index in [1.165, 1.54) is 7.11 Å². The molecule has 3 rings (SSSR count). The minimum absolute atomic E-state index is 0.313. The Labute approximate surface area is 152 Å². The van der Waals surface area contributed by atoms with Crippen molar-refractivity contribution in [3.8, 4) is 0 Å². The molecular weight excluding hydrogens is 390 g/mol. The van der Waals surface area contributed by atoms with Gasteiger partial charge < -0.3 is 9.64 Å². The zero-order valence-corrected chi connectivity index (χ0v) is 15.9. The molecule has 7 heteroatoms. The fourth-order valence-electron chi connectivity index (χ4n) is 2.37. The van der Waals surface area contributed by atoms with Crippen molar-refractivity contribution >= 4 is 48.6 Å². The highest BCUT2D eigenvalue weighted by Gasteiger charge is 2.13. The van der Waals surface area contributed by atoms with Crippen molar-refractivity contribution in [1.82, 2.24) is 9.97 Å². The van der Waals surface area contributed by atoms with Gasteiger partial charge in [0, 0.05) is 30.7 Å². The van der Waals surface area contributed by atoms with Gasteiger partial charge in [-0.05, 0) is 29.8 Å². The van der Waals surface area contributed by atoms with Crippen molar-refractivity contribution in [2.75, 3.05) is 26.1 Å². The summed E-state index contributed by atoms with van der Waals surface area (Å²) in [6.45, 7) is 0. The van der Waals surface area contributed by atoms with Crippen molar-refractivity contribution < 1.29 is 9.53 Å². The molecule has 5 nitrogen and oxygen atoms in total. The second-order valence-corrected chi connectivity index (χ2v) is 7.41. The van der Waals surface area contributed by atoms with Gasteiger partial charge in [-0.2, -0.15) is 0 Å². The molecule has 0 N–H and O–H groups in total. The molecule has 2 aromatic heterocycles. The number of nitrogens with zero attached hydrogens (tertiary/aromatic N) is 3. The quantitative estimate of drug-likeness (QED) is 0.616. The molecule has 0 saturated heterocycles. The van der Waals surface area contributed by atoms with Gasteiger partial charge in [0.2, 0.25) is 0 Å². The monoisotopic (exact) mass is 405 g/mol. The summed E-state index contributed by atoms with van der Waals surface area (Å²) in [7, 11) is 5.31. The number of fused-ring (bicyclic) bond motifs is 1. The number of rotatable bonds is 4. The predicted octanol–water partition coefficient (Wildman–Crippen LogP) is 3.90. The van der Waals surface area contributed by atoms with E-state index < -0.39 is 5.97 Å². The lowest BCUT2D eigenvalue weighted by molar-refractivity contribution is 0.0593. The first-order chi connectivity index (χ1) is 11.5. The third-order valence-electron chi connectivity index (χ3n) is 3.48. The molecule has 24 heavy (non-hydrogen) atoms. The number of anilines is 1. The molecule has 0 amide bonds. The molecule has 0 fully saturated rings. The van der Waals surface area contributed by atoms with Crippen LogP contribution in [0.3, 0.4) is 0 Å². The maximum atomic E-state index is 11.7. The van der Waals surface area contributed by atoms with E-state index in [-0.39, 0.29) is 0 Å².